The maximum Gasteiger partial charge on any atom is 0.340 e. The van der Waals surface area contributed by atoms with Crippen LogP contribution in [0.5, 0.6) is 0 Å². The van der Waals surface area contributed by atoms with Crippen molar-refractivity contribution in [2.45, 2.75) is 38.4 Å². The fraction of sp³-hybridized carbons (Fsp3) is 0.350. The van der Waals surface area contributed by atoms with Crippen LogP contribution in [0, 0.1) is 5.41 Å². The summed E-state index contributed by atoms with van der Waals surface area (Å²) in [6.07, 6.45) is 0. The van der Waals surface area contributed by atoms with Gasteiger partial charge in [-0.15, -0.1) is 11.3 Å². The fourth-order valence-electron chi connectivity index (χ4n) is 2.18. The first-order valence-corrected chi connectivity index (χ1v) is 11.4. The Kier molecular flexibility index (Phi) is 7.38. The molecule has 1 aromatic heterocycles. The minimum absolute atomic E-state index is 0.00203. The summed E-state index contributed by atoms with van der Waals surface area (Å²) in [5.41, 5.74) is -0.615. The number of rotatable bonds is 8. The van der Waals surface area contributed by atoms with Gasteiger partial charge in [0.2, 0.25) is 5.91 Å². The number of nitrogens with one attached hydrogen (secondary N) is 2. The maximum atomic E-state index is 12.7. The highest BCUT2D eigenvalue weighted by atomic mass is 32.2. The Labute approximate surface area is 179 Å². The third kappa shape index (κ3) is 6.39. The number of sulfonamides is 1. The second-order valence-corrected chi connectivity index (χ2v) is 10.6. The zero-order valence-corrected chi connectivity index (χ0v) is 18.8. The molecule has 0 spiro atoms. The molecule has 1 aromatic carbocycles. The molecule has 0 bridgehead atoms. The molecule has 2 aromatic rings. The number of Topliss-reactive ketones (excluding diaryl/α,β-unsaturated/α-hetero) is 1. The van der Waals surface area contributed by atoms with Crippen LogP contribution in [0.25, 0.3) is 0 Å². The number of hydrogen-bond donors (Lipinski definition) is 2. The van der Waals surface area contributed by atoms with Gasteiger partial charge in [-0.1, -0.05) is 32.9 Å². The van der Waals surface area contributed by atoms with E-state index in [2.05, 4.69) is 10.0 Å². The average molecular weight is 453 g/mol. The predicted octanol–water partition coefficient (Wildman–Crippen LogP) is 2.96. The Bertz CT molecular complexity index is 1050. The lowest BCUT2D eigenvalue weighted by molar-refractivity contribution is -0.129. The highest BCUT2D eigenvalue weighted by Gasteiger charge is 2.25. The molecule has 0 saturated heterocycles. The molecule has 0 atom stereocenters. The van der Waals surface area contributed by atoms with Crippen LogP contribution in [-0.4, -0.2) is 32.7 Å². The number of esters is 1. The van der Waals surface area contributed by atoms with Gasteiger partial charge in [-0.25, -0.2) is 13.2 Å². The first kappa shape index (κ1) is 23.6. The Morgan fingerprint density at radius 2 is 1.73 bits per heavy atom. The van der Waals surface area contributed by atoms with Crippen molar-refractivity contribution in [1.29, 1.82) is 0 Å². The summed E-state index contributed by atoms with van der Waals surface area (Å²) < 4.78 is 33.0. The number of benzene rings is 1. The van der Waals surface area contributed by atoms with Crippen molar-refractivity contribution in [3.63, 3.8) is 0 Å². The maximum absolute atomic E-state index is 12.7. The van der Waals surface area contributed by atoms with E-state index in [0.717, 1.165) is 11.3 Å². The first-order chi connectivity index (χ1) is 13.9. The van der Waals surface area contributed by atoms with Gasteiger partial charge in [0.1, 0.15) is 4.21 Å². The van der Waals surface area contributed by atoms with Crippen molar-refractivity contribution < 1.29 is 27.5 Å². The van der Waals surface area contributed by atoms with E-state index in [9.17, 15) is 22.8 Å². The molecule has 2 N–H and O–H groups in total. The number of anilines is 1. The smallest absolute Gasteiger partial charge is 0.340 e. The number of ether oxygens (including phenoxy) is 1. The van der Waals surface area contributed by atoms with Gasteiger partial charge in [0.05, 0.1) is 17.8 Å². The van der Waals surface area contributed by atoms with Crippen LogP contribution >= 0.6 is 11.3 Å². The van der Waals surface area contributed by atoms with E-state index < -0.39 is 28.0 Å². The van der Waals surface area contributed by atoms with Gasteiger partial charge in [-0.3, -0.25) is 14.3 Å². The van der Waals surface area contributed by atoms with Gasteiger partial charge in [-0.05, 0) is 24.3 Å². The molecule has 30 heavy (non-hydrogen) atoms. The van der Waals surface area contributed by atoms with Gasteiger partial charge in [-0.2, -0.15) is 0 Å². The Morgan fingerprint density at radius 3 is 2.37 bits per heavy atom. The van der Waals surface area contributed by atoms with Crippen LogP contribution in [0.4, 0.5) is 5.69 Å². The second-order valence-electron chi connectivity index (χ2n) is 7.53. The number of carbonyl (C=O) groups excluding carboxylic acids is 3. The van der Waals surface area contributed by atoms with Gasteiger partial charge < -0.3 is 10.1 Å². The minimum Gasteiger partial charge on any atom is -0.454 e. The summed E-state index contributed by atoms with van der Waals surface area (Å²) in [6, 6.07) is 9.02. The predicted molar refractivity (Wildman–Crippen MR) is 114 cm³/mol. The van der Waals surface area contributed by atoms with Crippen LogP contribution in [0.1, 0.15) is 42.9 Å². The summed E-state index contributed by atoms with van der Waals surface area (Å²) >= 11 is 1.01. The van der Waals surface area contributed by atoms with Gasteiger partial charge in [0.15, 0.2) is 12.4 Å². The van der Waals surface area contributed by atoms with Crippen LogP contribution in [0.15, 0.2) is 40.6 Å². The van der Waals surface area contributed by atoms with E-state index >= 15 is 0 Å². The fourth-order valence-corrected chi connectivity index (χ4v) is 4.55. The summed E-state index contributed by atoms with van der Waals surface area (Å²) in [5.74, 6) is -1.27. The molecular weight excluding hydrogens is 428 g/mol. The van der Waals surface area contributed by atoms with Crippen molar-refractivity contribution >= 4 is 44.7 Å². The lowest BCUT2D eigenvalue weighted by Crippen LogP contribution is -2.26. The Balaban J connectivity index is 2.16. The molecule has 0 unspecified atom stereocenters. The van der Waals surface area contributed by atoms with Crippen LogP contribution in [0.3, 0.4) is 0 Å². The molecule has 2 rings (SSSR count). The summed E-state index contributed by atoms with van der Waals surface area (Å²) in [6.45, 7) is 6.34. The van der Waals surface area contributed by atoms with E-state index in [1.54, 1.807) is 39.0 Å². The highest BCUT2D eigenvalue weighted by molar-refractivity contribution is 7.94. The zero-order valence-electron chi connectivity index (χ0n) is 17.1. The Morgan fingerprint density at radius 1 is 1.07 bits per heavy atom. The quantitative estimate of drug-likeness (QED) is 0.595. The zero-order chi connectivity index (χ0) is 22.5. The topological polar surface area (TPSA) is 119 Å². The van der Waals surface area contributed by atoms with Crippen molar-refractivity contribution in [2.24, 2.45) is 5.41 Å². The Hall–Kier alpha value is -2.72. The van der Waals surface area contributed by atoms with Crippen LogP contribution in [0.2, 0.25) is 0 Å². The highest BCUT2D eigenvalue weighted by Crippen LogP contribution is 2.26. The van der Waals surface area contributed by atoms with E-state index in [1.165, 1.54) is 25.1 Å². The number of hydrogen-bond acceptors (Lipinski definition) is 7. The third-order valence-corrected chi connectivity index (χ3v) is 6.92. The lowest BCUT2D eigenvalue weighted by atomic mass is 9.91. The van der Waals surface area contributed by atoms with Crippen molar-refractivity contribution in [3.05, 3.63) is 46.8 Å². The molecule has 10 heteroatoms. The summed E-state index contributed by atoms with van der Waals surface area (Å²) in [4.78, 5) is 36.1. The molecule has 1 heterocycles. The standard InChI is InChI=1S/C20H24N2O6S2/c1-13(23)21-11-14-9-10-18(29-14)30(26,27)22-16-8-6-5-7-15(16)19(25)28-12-17(24)20(2,3)4/h5-10,22H,11-12H2,1-4H3,(H,21,23). The number of thiophene rings is 1. The largest absolute Gasteiger partial charge is 0.454 e. The molecule has 0 aliphatic heterocycles. The average Bonchev–Trinajstić information content (AvgIpc) is 3.13. The SMILES string of the molecule is CC(=O)NCc1ccc(S(=O)(=O)Nc2ccccc2C(=O)OCC(=O)C(C)(C)C)s1. The lowest BCUT2D eigenvalue weighted by Gasteiger charge is -2.17. The van der Waals surface area contributed by atoms with E-state index in [1.807, 2.05) is 0 Å². The van der Waals surface area contributed by atoms with Crippen molar-refractivity contribution in [2.75, 3.05) is 11.3 Å². The molecule has 1 amide bonds. The molecule has 0 aliphatic carbocycles. The molecule has 0 radical (unpaired) electrons. The van der Waals surface area contributed by atoms with Crippen LogP contribution in [-0.2, 0) is 30.9 Å². The van der Waals surface area contributed by atoms with Gasteiger partial charge in [0.25, 0.3) is 10.0 Å². The molecular formula is C20H24N2O6S2. The first-order valence-electron chi connectivity index (χ1n) is 9.05. The number of amides is 1. The molecule has 162 valence electrons. The monoisotopic (exact) mass is 452 g/mol. The van der Waals surface area contributed by atoms with E-state index in [0.29, 0.717) is 4.88 Å². The van der Waals surface area contributed by atoms with E-state index in [4.69, 9.17) is 4.74 Å². The summed E-state index contributed by atoms with van der Waals surface area (Å²) in [5, 5.41) is 2.60. The molecule has 8 nitrogen and oxygen atoms in total. The molecule has 0 aliphatic rings. The minimum atomic E-state index is -3.96. The third-order valence-electron chi connectivity index (χ3n) is 3.98. The van der Waals surface area contributed by atoms with Crippen LogP contribution < -0.4 is 10.0 Å². The summed E-state index contributed by atoms with van der Waals surface area (Å²) in [7, 11) is -3.96. The van der Waals surface area contributed by atoms with Crippen molar-refractivity contribution in [1.82, 2.24) is 5.32 Å². The van der Waals surface area contributed by atoms with Gasteiger partial charge >= 0.3 is 5.97 Å². The number of ketones is 1. The normalized spacial score (nSPS) is 11.6. The second kappa shape index (κ2) is 9.40. The number of para-hydroxylation sites is 1. The van der Waals surface area contributed by atoms with E-state index in [-0.39, 0.29) is 33.7 Å². The number of carbonyl (C=O) groups is 3. The molecule has 0 saturated carbocycles. The van der Waals surface area contributed by atoms with Gasteiger partial charge in [0, 0.05) is 17.2 Å². The molecule has 0 fully saturated rings. The van der Waals surface area contributed by atoms with Crippen molar-refractivity contribution in [3.8, 4) is 0 Å².